The van der Waals surface area contributed by atoms with Crippen molar-refractivity contribution in [3.8, 4) is 0 Å². The van der Waals surface area contributed by atoms with Gasteiger partial charge in [0.1, 0.15) is 11.4 Å². The van der Waals surface area contributed by atoms with Crippen molar-refractivity contribution in [3.05, 3.63) is 59.7 Å². The van der Waals surface area contributed by atoms with E-state index >= 15 is 0 Å². The summed E-state index contributed by atoms with van der Waals surface area (Å²) in [6.07, 6.45) is 6.13. The second kappa shape index (κ2) is 7.32. The van der Waals surface area contributed by atoms with Gasteiger partial charge in [0.2, 0.25) is 0 Å². The van der Waals surface area contributed by atoms with E-state index in [0.717, 1.165) is 0 Å². The minimum absolute atomic E-state index is 0.178. The van der Waals surface area contributed by atoms with Crippen molar-refractivity contribution in [2.24, 2.45) is 0 Å². The number of carbonyl (C=O) groups excluding carboxylic acids is 1. The molecule has 1 aromatic carbocycles. The molecule has 1 atom stereocenters. The second-order valence-electron chi connectivity index (χ2n) is 7.48. The molecule has 2 rings (SSSR count). The number of nitrogens with zero attached hydrogens (tertiary/aromatic N) is 1. The van der Waals surface area contributed by atoms with Crippen LogP contribution in [-0.2, 0) is 14.9 Å². The highest BCUT2D eigenvalue weighted by Crippen LogP contribution is 2.38. The zero-order chi connectivity index (χ0) is 19.5. The van der Waals surface area contributed by atoms with Crippen LogP contribution in [0.2, 0.25) is 0 Å². The molecule has 0 saturated carbocycles. The number of ether oxygens (including phenoxy) is 1. The lowest BCUT2D eigenvalue weighted by Gasteiger charge is -2.30. The molecular formula is C20H24FNO4. The van der Waals surface area contributed by atoms with Crippen molar-refractivity contribution in [3.63, 3.8) is 0 Å². The molecule has 140 valence electrons. The van der Waals surface area contributed by atoms with Gasteiger partial charge >= 0.3 is 12.1 Å². The van der Waals surface area contributed by atoms with Crippen molar-refractivity contribution in [2.45, 2.75) is 51.6 Å². The minimum atomic E-state index is -0.975. The third-order valence-electron chi connectivity index (χ3n) is 4.10. The van der Waals surface area contributed by atoms with Gasteiger partial charge in [-0.15, -0.1) is 0 Å². The van der Waals surface area contributed by atoms with Crippen LogP contribution in [0.25, 0.3) is 0 Å². The Morgan fingerprint density at radius 1 is 1.31 bits per heavy atom. The molecule has 5 nitrogen and oxygen atoms in total. The molecule has 0 aliphatic carbocycles. The zero-order valence-electron chi connectivity index (χ0n) is 15.5. The standard InChI is InChI=1S/C20H24FNO4/c1-14-12-15(21)6-7-16(14)20(13-17(23)24)8-5-10-22(11-9-20)18(25)26-19(2,3)4/h5-7,9-12H,8,13H2,1-4H3,(H,23,24). The van der Waals surface area contributed by atoms with Crippen LogP contribution in [0.4, 0.5) is 9.18 Å². The maximum atomic E-state index is 13.5. The van der Waals surface area contributed by atoms with Crippen molar-refractivity contribution >= 4 is 12.1 Å². The van der Waals surface area contributed by atoms with E-state index in [1.807, 2.05) is 0 Å². The highest BCUT2D eigenvalue weighted by Gasteiger charge is 2.34. The van der Waals surface area contributed by atoms with E-state index in [0.29, 0.717) is 17.5 Å². The Balaban J connectivity index is 2.42. The van der Waals surface area contributed by atoms with E-state index in [-0.39, 0.29) is 12.2 Å². The number of benzene rings is 1. The van der Waals surface area contributed by atoms with Crippen LogP contribution in [-0.4, -0.2) is 27.7 Å². The predicted molar refractivity (Wildman–Crippen MR) is 96.0 cm³/mol. The number of carboxylic acid groups (broad SMARTS) is 1. The molecule has 0 bridgehead atoms. The molecule has 0 radical (unpaired) electrons. The Morgan fingerprint density at radius 3 is 2.58 bits per heavy atom. The Bertz CT molecular complexity index is 764. The fraction of sp³-hybridized carbons (Fsp3) is 0.400. The largest absolute Gasteiger partial charge is 0.481 e. The minimum Gasteiger partial charge on any atom is -0.481 e. The molecule has 1 amide bonds. The molecule has 1 heterocycles. The Morgan fingerprint density at radius 2 is 2.00 bits per heavy atom. The van der Waals surface area contributed by atoms with Crippen LogP contribution < -0.4 is 0 Å². The summed E-state index contributed by atoms with van der Waals surface area (Å²) in [5.41, 5.74) is -0.142. The first kappa shape index (κ1) is 19.7. The average Bonchev–Trinajstić information content (AvgIpc) is 2.68. The number of carboxylic acids is 1. The molecule has 1 aliphatic heterocycles. The quantitative estimate of drug-likeness (QED) is 0.860. The van der Waals surface area contributed by atoms with E-state index in [1.165, 1.54) is 23.2 Å². The predicted octanol–water partition coefficient (Wildman–Crippen LogP) is 4.51. The average molecular weight is 361 g/mol. The highest BCUT2D eigenvalue weighted by molar-refractivity contribution is 5.72. The lowest BCUT2D eigenvalue weighted by Crippen LogP contribution is -2.31. The first-order valence-electron chi connectivity index (χ1n) is 8.38. The number of aryl methyl sites for hydroxylation is 1. The maximum Gasteiger partial charge on any atom is 0.418 e. The van der Waals surface area contributed by atoms with Gasteiger partial charge in [-0.2, -0.15) is 0 Å². The number of amides is 1. The summed E-state index contributed by atoms with van der Waals surface area (Å²) in [5, 5.41) is 9.42. The van der Waals surface area contributed by atoms with Crippen LogP contribution in [0.15, 0.2) is 42.8 Å². The summed E-state index contributed by atoms with van der Waals surface area (Å²) in [4.78, 5) is 25.1. The fourth-order valence-electron chi connectivity index (χ4n) is 3.04. The third kappa shape index (κ3) is 4.71. The first-order valence-corrected chi connectivity index (χ1v) is 8.38. The van der Waals surface area contributed by atoms with E-state index < -0.39 is 23.1 Å². The SMILES string of the molecule is Cc1cc(F)ccc1C1(CC(=O)O)C=CN(C(=O)OC(C)(C)C)C=CC1. The van der Waals surface area contributed by atoms with Gasteiger partial charge in [0.05, 0.1) is 6.42 Å². The summed E-state index contributed by atoms with van der Waals surface area (Å²) in [6.45, 7) is 7.06. The number of allylic oxidation sites excluding steroid dienone is 2. The number of hydrogen-bond donors (Lipinski definition) is 1. The molecular weight excluding hydrogens is 337 g/mol. The Labute approximate surface area is 152 Å². The lowest BCUT2D eigenvalue weighted by atomic mass is 9.73. The van der Waals surface area contributed by atoms with E-state index in [1.54, 1.807) is 52.1 Å². The topological polar surface area (TPSA) is 66.8 Å². The van der Waals surface area contributed by atoms with Crippen LogP contribution in [0.1, 0.15) is 44.7 Å². The monoisotopic (exact) mass is 361 g/mol. The van der Waals surface area contributed by atoms with Gasteiger partial charge in [0.25, 0.3) is 0 Å². The molecule has 6 heteroatoms. The zero-order valence-corrected chi connectivity index (χ0v) is 15.5. The number of aliphatic carboxylic acids is 1. The van der Waals surface area contributed by atoms with E-state index in [9.17, 15) is 19.1 Å². The third-order valence-corrected chi connectivity index (χ3v) is 4.10. The highest BCUT2D eigenvalue weighted by atomic mass is 19.1. The van der Waals surface area contributed by atoms with Gasteiger partial charge in [0, 0.05) is 17.8 Å². The molecule has 0 spiro atoms. The summed E-state index contributed by atoms with van der Waals surface area (Å²) in [5.74, 6) is -1.35. The molecule has 1 N–H and O–H groups in total. The summed E-state index contributed by atoms with van der Waals surface area (Å²) in [6, 6.07) is 4.31. The van der Waals surface area contributed by atoms with Gasteiger partial charge in [-0.05, 0) is 57.4 Å². The number of hydrogen-bond acceptors (Lipinski definition) is 3. The normalized spacial score (nSPS) is 20.0. The lowest BCUT2D eigenvalue weighted by molar-refractivity contribution is -0.138. The summed E-state index contributed by atoms with van der Waals surface area (Å²) in [7, 11) is 0. The summed E-state index contributed by atoms with van der Waals surface area (Å²) < 4.78 is 18.8. The van der Waals surface area contributed by atoms with Crippen LogP contribution in [0.3, 0.4) is 0 Å². The van der Waals surface area contributed by atoms with Gasteiger partial charge in [-0.25, -0.2) is 9.18 Å². The van der Waals surface area contributed by atoms with Crippen molar-refractivity contribution < 1.29 is 23.8 Å². The van der Waals surface area contributed by atoms with Gasteiger partial charge in [0.15, 0.2) is 0 Å². The molecule has 26 heavy (non-hydrogen) atoms. The fourth-order valence-corrected chi connectivity index (χ4v) is 3.04. The number of carbonyl (C=O) groups is 2. The first-order chi connectivity index (χ1) is 12.0. The number of rotatable bonds is 3. The van der Waals surface area contributed by atoms with E-state index in [2.05, 4.69) is 0 Å². The van der Waals surface area contributed by atoms with Crippen molar-refractivity contribution in [1.82, 2.24) is 4.90 Å². The van der Waals surface area contributed by atoms with Gasteiger partial charge in [-0.1, -0.05) is 18.2 Å². The maximum absolute atomic E-state index is 13.5. The van der Waals surface area contributed by atoms with Crippen LogP contribution in [0, 0.1) is 12.7 Å². The molecule has 1 aromatic rings. The van der Waals surface area contributed by atoms with Gasteiger partial charge in [-0.3, -0.25) is 9.69 Å². The molecule has 1 unspecified atom stereocenters. The van der Waals surface area contributed by atoms with Gasteiger partial charge < -0.3 is 9.84 Å². The Hall–Kier alpha value is -2.63. The van der Waals surface area contributed by atoms with Crippen LogP contribution >= 0.6 is 0 Å². The molecule has 1 aliphatic rings. The Kier molecular flexibility index (Phi) is 5.54. The van der Waals surface area contributed by atoms with Crippen LogP contribution in [0.5, 0.6) is 0 Å². The van der Waals surface area contributed by atoms with Crippen molar-refractivity contribution in [1.29, 1.82) is 0 Å². The van der Waals surface area contributed by atoms with E-state index in [4.69, 9.17) is 4.74 Å². The summed E-state index contributed by atoms with van der Waals surface area (Å²) >= 11 is 0. The molecule has 0 fully saturated rings. The smallest absolute Gasteiger partial charge is 0.418 e. The molecule has 0 aromatic heterocycles. The second-order valence-corrected chi connectivity index (χ2v) is 7.48. The number of halogens is 1. The van der Waals surface area contributed by atoms with Crippen molar-refractivity contribution in [2.75, 3.05) is 0 Å². The molecule has 0 saturated heterocycles.